The van der Waals surface area contributed by atoms with Crippen molar-refractivity contribution in [1.29, 1.82) is 0 Å². The molecule has 66 valence electrons. The number of rotatable bonds is 1. The lowest BCUT2D eigenvalue weighted by molar-refractivity contribution is -0.115. The summed E-state index contributed by atoms with van der Waals surface area (Å²) in [5, 5.41) is 2.84. The lowest BCUT2D eigenvalue weighted by atomic mass is 10.1. The van der Waals surface area contributed by atoms with Gasteiger partial charge in [0.2, 0.25) is 5.91 Å². The number of hydrogen-bond donors (Lipinski definition) is 1. The van der Waals surface area contributed by atoms with Crippen molar-refractivity contribution < 1.29 is 4.79 Å². The zero-order valence-corrected chi connectivity index (χ0v) is 7.34. The molecule has 2 aliphatic rings. The molecule has 1 aromatic rings. The van der Waals surface area contributed by atoms with E-state index in [0.29, 0.717) is 6.42 Å². The lowest BCUT2D eigenvalue weighted by Crippen LogP contribution is -2.03. The summed E-state index contributed by atoms with van der Waals surface area (Å²) in [6.45, 7) is 0. The van der Waals surface area contributed by atoms with Gasteiger partial charge < -0.3 is 5.32 Å². The summed E-state index contributed by atoms with van der Waals surface area (Å²) in [4.78, 5) is 11.1. The molecular formula is C11H11NO. The van der Waals surface area contributed by atoms with Crippen LogP contribution in [0.3, 0.4) is 0 Å². The molecule has 2 nitrogen and oxygen atoms in total. The lowest BCUT2D eigenvalue weighted by Gasteiger charge is -2.01. The standard InChI is InChI=1S/C11H11NO/c13-11-6-9-5-8(7-1-2-7)3-4-10(9)12-11/h3-5,7H,1-2,6H2,(H,12,13). The first-order chi connectivity index (χ1) is 6.33. The average Bonchev–Trinajstić information content (AvgIpc) is 2.87. The van der Waals surface area contributed by atoms with Gasteiger partial charge in [-0.3, -0.25) is 4.79 Å². The smallest absolute Gasteiger partial charge is 0.228 e. The molecule has 1 heterocycles. The first-order valence-corrected chi connectivity index (χ1v) is 4.75. The van der Waals surface area contributed by atoms with Gasteiger partial charge in [0.25, 0.3) is 0 Å². The molecule has 1 aliphatic heterocycles. The van der Waals surface area contributed by atoms with Crippen molar-refractivity contribution in [3.8, 4) is 0 Å². The van der Waals surface area contributed by atoms with E-state index in [2.05, 4.69) is 17.4 Å². The summed E-state index contributed by atoms with van der Waals surface area (Å²) in [6.07, 6.45) is 3.20. The summed E-state index contributed by atoms with van der Waals surface area (Å²) >= 11 is 0. The van der Waals surface area contributed by atoms with Gasteiger partial charge in [-0.05, 0) is 36.0 Å². The van der Waals surface area contributed by atoms with Crippen LogP contribution in [0.4, 0.5) is 5.69 Å². The van der Waals surface area contributed by atoms with Crippen molar-refractivity contribution in [2.24, 2.45) is 0 Å². The van der Waals surface area contributed by atoms with Crippen molar-refractivity contribution in [3.63, 3.8) is 0 Å². The molecular weight excluding hydrogens is 162 g/mol. The largest absolute Gasteiger partial charge is 0.326 e. The van der Waals surface area contributed by atoms with Gasteiger partial charge in [-0.2, -0.15) is 0 Å². The minimum Gasteiger partial charge on any atom is -0.326 e. The van der Waals surface area contributed by atoms with Crippen molar-refractivity contribution in [3.05, 3.63) is 29.3 Å². The predicted octanol–water partition coefficient (Wildman–Crippen LogP) is 2.06. The fraction of sp³-hybridized carbons (Fsp3) is 0.364. The highest BCUT2D eigenvalue weighted by molar-refractivity contribution is 5.99. The van der Waals surface area contributed by atoms with Crippen LogP contribution in [0.1, 0.15) is 29.9 Å². The Hall–Kier alpha value is -1.31. The second-order valence-electron chi connectivity index (χ2n) is 3.92. The molecule has 1 aromatic carbocycles. The van der Waals surface area contributed by atoms with Gasteiger partial charge in [0, 0.05) is 5.69 Å². The average molecular weight is 173 g/mol. The normalized spacial score (nSPS) is 19.8. The number of fused-ring (bicyclic) bond motifs is 1. The van der Waals surface area contributed by atoms with E-state index in [4.69, 9.17) is 0 Å². The van der Waals surface area contributed by atoms with Crippen molar-refractivity contribution in [2.75, 3.05) is 5.32 Å². The maximum absolute atomic E-state index is 11.1. The third-order valence-electron chi connectivity index (χ3n) is 2.80. The van der Waals surface area contributed by atoms with E-state index >= 15 is 0 Å². The van der Waals surface area contributed by atoms with E-state index in [9.17, 15) is 4.79 Å². The third-order valence-corrected chi connectivity index (χ3v) is 2.80. The third kappa shape index (κ3) is 1.13. The van der Waals surface area contributed by atoms with E-state index in [1.165, 1.54) is 24.0 Å². The van der Waals surface area contributed by atoms with Gasteiger partial charge in [0.15, 0.2) is 0 Å². The maximum atomic E-state index is 11.1. The van der Waals surface area contributed by atoms with Crippen LogP contribution < -0.4 is 5.32 Å². The first-order valence-electron chi connectivity index (χ1n) is 4.75. The molecule has 1 aliphatic carbocycles. The second-order valence-corrected chi connectivity index (χ2v) is 3.92. The molecule has 0 radical (unpaired) electrons. The van der Waals surface area contributed by atoms with Crippen LogP contribution in [0.15, 0.2) is 18.2 Å². The van der Waals surface area contributed by atoms with E-state index in [1.54, 1.807) is 0 Å². The molecule has 0 atom stereocenters. The molecule has 1 saturated carbocycles. The molecule has 1 amide bonds. The molecule has 1 N–H and O–H groups in total. The van der Waals surface area contributed by atoms with Crippen LogP contribution in [0.5, 0.6) is 0 Å². The Bertz CT molecular complexity index is 380. The zero-order chi connectivity index (χ0) is 8.84. The number of carbonyl (C=O) groups is 1. The van der Waals surface area contributed by atoms with Gasteiger partial charge in [-0.25, -0.2) is 0 Å². The van der Waals surface area contributed by atoms with E-state index < -0.39 is 0 Å². The molecule has 1 fully saturated rings. The minimum atomic E-state index is 0.128. The zero-order valence-electron chi connectivity index (χ0n) is 7.34. The Morgan fingerprint density at radius 2 is 2.15 bits per heavy atom. The molecule has 0 spiro atoms. The van der Waals surface area contributed by atoms with E-state index in [0.717, 1.165) is 11.6 Å². The van der Waals surface area contributed by atoms with Crippen molar-refractivity contribution in [1.82, 2.24) is 0 Å². The number of hydrogen-bond acceptors (Lipinski definition) is 1. The molecule has 0 aromatic heterocycles. The number of benzene rings is 1. The van der Waals surface area contributed by atoms with Gasteiger partial charge in [-0.1, -0.05) is 12.1 Å². The van der Waals surface area contributed by atoms with E-state index in [-0.39, 0.29) is 5.91 Å². The highest BCUT2D eigenvalue weighted by Crippen LogP contribution is 2.41. The van der Waals surface area contributed by atoms with Gasteiger partial charge >= 0.3 is 0 Å². The molecule has 3 rings (SSSR count). The van der Waals surface area contributed by atoms with Crippen LogP contribution >= 0.6 is 0 Å². The fourth-order valence-electron chi connectivity index (χ4n) is 1.92. The molecule has 2 heteroatoms. The Kier molecular flexibility index (Phi) is 1.29. The molecule has 0 unspecified atom stereocenters. The second kappa shape index (κ2) is 2.34. The topological polar surface area (TPSA) is 29.1 Å². The quantitative estimate of drug-likeness (QED) is 0.692. The maximum Gasteiger partial charge on any atom is 0.228 e. The van der Waals surface area contributed by atoms with Crippen molar-refractivity contribution >= 4 is 11.6 Å². The minimum absolute atomic E-state index is 0.128. The SMILES string of the molecule is O=C1Cc2cc(C3CC3)ccc2N1. The number of carbonyl (C=O) groups excluding carboxylic acids is 1. The van der Waals surface area contributed by atoms with Gasteiger partial charge in [0.1, 0.15) is 0 Å². The predicted molar refractivity (Wildman–Crippen MR) is 50.8 cm³/mol. The number of nitrogens with one attached hydrogen (secondary N) is 1. The Morgan fingerprint density at radius 1 is 1.31 bits per heavy atom. The highest BCUT2D eigenvalue weighted by atomic mass is 16.1. The van der Waals surface area contributed by atoms with Crippen LogP contribution in [0.25, 0.3) is 0 Å². The van der Waals surface area contributed by atoms with Gasteiger partial charge in [-0.15, -0.1) is 0 Å². The van der Waals surface area contributed by atoms with E-state index in [1.807, 2.05) is 6.07 Å². The van der Waals surface area contributed by atoms with Crippen molar-refractivity contribution in [2.45, 2.75) is 25.2 Å². The molecule has 0 saturated heterocycles. The summed E-state index contributed by atoms with van der Waals surface area (Å²) in [6, 6.07) is 6.36. The van der Waals surface area contributed by atoms with Crippen LogP contribution in [0.2, 0.25) is 0 Å². The summed E-state index contributed by atoms with van der Waals surface area (Å²) in [5.74, 6) is 0.906. The Balaban J connectivity index is 2.02. The fourth-order valence-corrected chi connectivity index (χ4v) is 1.92. The van der Waals surface area contributed by atoms with Crippen LogP contribution in [-0.2, 0) is 11.2 Å². The molecule has 13 heavy (non-hydrogen) atoms. The monoisotopic (exact) mass is 173 g/mol. The Labute approximate surface area is 77.0 Å². The molecule has 0 bridgehead atoms. The summed E-state index contributed by atoms with van der Waals surface area (Å²) in [5.41, 5.74) is 3.60. The van der Waals surface area contributed by atoms with Crippen LogP contribution in [0, 0.1) is 0 Å². The summed E-state index contributed by atoms with van der Waals surface area (Å²) in [7, 11) is 0. The highest BCUT2D eigenvalue weighted by Gasteiger charge is 2.25. The summed E-state index contributed by atoms with van der Waals surface area (Å²) < 4.78 is 0. The van der Waals surface area contributed by atoms with Crippen LogP contribution in [-0.4, -0.2) is 5.91 Å². The first kappa shape index (κ1) is 7.13. The number of anilines is 1. The number of amides is 1. The Morgan fingerprint density at radius 3 is 2.92 bits per heavy atom. The van der Waals surface area contributed by atoms with Gasteiger partial charge in [0.05, 0.1) is 6.42 Å².